The van der Waals surface area contributed by atoms with E-state index in [4.69, 9.17) is 0 Å². The Morgan fingerprint density at radius 2 is 1.74 bits per heavy atom. The Hall–Kier alpha value is -3.22. The number of nitrogens with zero attached hydrogens (tertiary/aromatic N) is 4. The number of halogens is 4. The lowest BCUT2D eigenvalue weighted by Gasteiger charge is -2.35. The summed E-state index contributed by atoms with van der Waals surface area (Å²) in [5, 5.41) is 14.3. The minimum Gasteiger partial charge on any atom is -0.383 e. The molecule has 38 heavy (non-hydrogen) atoms. The highest BCUT2D eigenvalue weighted by Gasteiger charge is 2.34. The maximum absolute atomic E-state index is 14.1. The molecule has 4 aromatic rings. The van der Waals surface area contributed by atoms with Crippen molar-refractivity contribution in [2.75, 3.05) is 13.1 Å². The molecule has 1 aliphatic rings. The fraction of sp³-hybridized carbons (Fsp3) is 0.346. The van der Waals surface area contributed by atoms with E-state index in [1.54, 1.807) is 35.3 Å². The zero-order valence-corrected chi connectivity index (χ0v) is 21.0. The molecular formula is C26H26F4N4O3S. The van der Waals surface area contributed by atoms with Crippen molar-refractivity contribution in [1.82, 2.24) is 18.7 Å². The fourth-order valence-electron chi connectivity index (χ4n) is 4.89. The van der Waals surface area contributed by atoms with Crippen LogP contribution in [-0.4, -0.2) is 64.1 Å². The normalized spacial score (nSPS) is 17.3. The minimum absolute atomic E-state index is 0.0753. The minimum atomic E-state index is -3.99. The molecule has 1 N–H and O–H groups in total. The highest BCUT2D eigenvalue weighted by atomic mass is 32.2. The summed E-state index contributed by atoms with van der Waals surface area (Å²) in [4.78, 5) is 1.30. The molecule has 12 heteroatoms. The smallest absolute Gasteiger partial charge is 0.268 e. The maximum Gasteiger partial charge on any atom is 0.268 e. The summed E-state index contributed by atoms with van der Waals surface area (Å²) in [6.45, 7) is 0.970. The third kappa shape index (κ3) is 5.07. The first-order valence-electron chi connectivity index (χ1n) is 12.1. The van der Waals surface area contributed by atoms with Gasteiger partial charge < -0.3 is 5.11 Å². The number of alkyl halides is 3. The van der Waals surface area contributed by atoms with Gasteiger partial charge in [0, 0.05) is 48.5 Å². The average Bonchev–Trinajstić information content (AvgIpc) is 3.53. The largest absolute Gasteiger partial charge is 0.383 e. The molecule has 0 bridgehead atoms. The summed E-state index contributed by atoms with van der Waals surface area (Å²) in [6, 6.07) is 11.9. The Kier molecular flexibility index (Phi) is 7.30. The van der Waals surface area contributed by atoms with Crippen LogP contribution in [0.4, 0.5) is 17.6 Å². The highest BCUT2D eigenvalue weighted by Crippen LogP contribution is 2.34. The molecule has 202 valence electrons. The first-order chi connectivity index (χ1) is 18.1. The number of fused-ring (bicyclic) bond motifs is 1. The molecule has 0 radical (unpaired) electrons. The Labute approximate surface area is 217 Å². The Balaban J connectivity index is 1.37. The molecule has 7 nitrogen and oxygen atoms in total. The van der Waals surface area contributed by atoms with Crippen LogP contribution >= 0.6 is 0 Å². The van der Waals surface area contributed by atoms with Crippen molar-refractivity contribution in [3.63, 3.8) is 0 Å². The molecule has 0 saturated carbocycles. The standard InChI is InChI=1S/C26H26F4N4O3S/c27-19-6-7-21-22(16-34(23(21)12-19)38(36,37)20-4-2-1-3-5-20)18-13-31-33(15-18)14-17-8-10-32(11-9-17)26(30)24(35)25(28)29/h1-7,12-13,15-17,24-26,35H,8-11,14H2. The molecule has 1 saturated heterocycles. The van der Waals surface area contributed by atoms with E-state index in [-0.39, 0.29) is 29.4 Å². The number of benzene rings is 2. The lowest BCUT2D eigenvalue weighted by atomic mass is 9.96. The summed E-state index contributed by atoms with van der Waals surface area (Å²) in [5.74, 6) is -0.450. The predicted molar refractivity (Wildman–Crippen MR) is 133 cm³/mol. The van der Waals surface area contributed by atoms with Crippen molar-refractivity contribution in [2.45, 2.75) is 43.1 Å². The van der Waals surface area contributed by atoms with Crippen molar-refractivity contribution in [3.05, 3.63) is 72.9 Å². The van der Waals surface area contributed by atoms with Crippen LogP contribution < -0.4 is 0 Å². The van der Waals surface area contributed by atoms with Gasteiger partial charge >= 0.3 is 0 Å². The number of rotatable bonds is 8. The molecule has 3 heterocycles. The number of hydrogen-bond donors (Lipinski definition) is 1. The first-order valence-corrected chi connectivity index (χ1v) is 13.6. The molecule has 1 fully saturated rings. The Morgan fingerprint density at radius 1 is 1.03 bits per heavy atom. The molecule has 2 atom stereocenters. The predicted octanol–water partition coefficient (Wildman–Crippen LogP) is 4.51. The number of piperidine rings is 1. The van der Waals surface area contributed by atoms with Crippen molar-refractivity contribution in [3.8, 4) is 11.1 Å². The van der Waals surface area contributed by atoms with Crippen LogP contribution in [0.2, 0.25) is 0 Å². The lowest BCUT2D eigenvalue weighted by molar-refractivity contribution is -0.108. The first kappa shape index (κ1) is 26.4. The van der Waals surface area contributed by atoms with Gasteiger partial charge in [-0.3, -0.25) is 9.58 Å². The number of likely N-dealkylation sites (tertiary alicyclic amines) is 1. The van der Waals surface area contributed by atoms with Gasteiger partial charge in [0.15, 0.2) is 12.4 Å². The Morgan fingerprint density at radius 3 is 2.42 bits per heavy atom. The molecule has 2 aromatic carbocycles. The molecule has 2 aromatic heterocycles. The van der Waals surface area contributed by atoms with Gasteiger partial charge in [0.2, 0.25) is 0 Å². The van der Waals surface area contributed by atoms with E-state index in [9.17, 15) is 31.1 Å². The highest BCUT2D eigenvalue weighted by molar-refractivity contribution is 7.90. The van der Waals surface area contributed by atoms with Crippen molar-refractivity contribution >= 4 is 20.9 Å². The van der Waals surface area contributed by atoms with E-state index in [1.807, 2.05) is 0 Å². The molecular weight excluding hydrogens is 524 g/mol. The van der Waals surface area contributed by atoms with Crippen LogP contribution in [0.1, 0.15) is 12.8 Å². The Bertz CT molecular complexity index is 1520. The van der Waals surface area contributed by atoms with E-state index < -0.39 is 34.7 Å². The summed E-state index contributed by atoms with van der Waals surface area (Å²) in [6.07, 6.45) is -1.68. The summed E-state index contributed by atoms with van der Waals surface area (Å²) >= 11 is 0. The quantitative estimate of drug-likeness (QED) is 0.258. The van der Waals surface area contributed by atoms with E-state index in [0.717, 1.165) is 3.97 Å². The van der Waals surface area contributed by atoms with Crippen molar-refractivity contribution < 1.29 is 31.1 Å². The summed E-state index contributed by atoms with van der Waals surface area (Å²) in [5.41, 5.74) is 1.42. The van der Waals surface area contributed by atoms with Gasteiger partial charge in [-0.25, -0.2) is 30.0 Å². The summed E-state index contributed by atoms with van der Waals surface area (Å²) in [7, 11) is -3.99. The van der Waals surface area contributed by atoms with Gasteiger partial charge in [-0.1, -0.05) is 18.2 Å². The molecule has 5 rings (SSSR count). The second-order valence-corrected chi connectivity index (χ2v) is 11.3. The second kappa shape index (κ2) is 10.5. The fourth-order valence-corrected chi connectivity index (χ4v) is 6.27. The summed E-state index contributed by atoms with van der Waals surface area (Å²) < 4.78 is 83.0. The van der Waals surface area contributed by atoms with Gasteiger partial charge in [0.25, 0.3) is 16.4 Å². The van der Waals surface area contributed by atoms with E-state index in [2.05, 4.69) is 5.10 Å². The van der Waals surface area contributed by atoms with E-state index in [0.29, 0.717) is 35.9 Å². The SMILES string of the molecule is O=S(=O)(c1ccccc1)n1cc(-c2cnn(CC3CCN(C(F)C(O)C(F)F)CC3)c2)c2ccc(F)cc21. The lowest BCUT2D eigenvalue weighted by Crippen LogP contribution is -2.47. The van der Waals surface area contributed by atoms with Crippen molar-refractivity contribution in [2.24, 2.45) is 5.92 Å². The molecule has 0 aliphatic carbocycles. The number of aliphatic hydroxyl groups is 1. The van der Waals surface area contributed by atoms with E-state index >= 15 is 0 Å². The third-order valence-electron chi connectivity index (χ3n) is 6.96. The van der Waals surface area contributed by atoms with Gasteiger partial charge in [0.05, 0.1) is 16.6 Å². The monoisotopic (exact) mass is 550 g/mol. The van der Waals surface area contributed by atoms with Gasteiger partial charge in [-0.2, -0.15) is 5.10 Å². The molecule has 0 amide bonds. The topological polar surface area (TPSA) is 80.4 Å². The maximum atomic E-state index is 14.1. The number of aliphatic hydroxyl groups excluding tert-OH is 1. The molecule has 0 spiro atoms. The van der Waals surface area contributed by atoms with Crippen LogP contribution in [-0.2, 0) is 16.6 Å². The molecule has 1 aliphatic heterocycles. The van der Waals surface area contributed by atoms with Crippen LogP contribution in [0.25, 0.3) is 22.0 Å². The zero-order chi connectivity index (χ0) is 27.0. The van der Waals surface area contributed by atoms with Crippen molar-refractivity contribution in [1.29, 1.82) is 0 Å². The number of aromatic nitrogens is 3. The average molecular weight is 551 g/mol. The van der Waals surface area contributed by atoms with Gasteiger partial charge in [-0.05, 0) is 49.1 Å². The van der Waals surface area contributed by atoms with Gasteiger partial charge in [0.1, 0.15) is 5.82 Å². The van der Waals surface area contributed by atoms with Crippen LogP contribution in [0.15, 0.2) is 72.0 Å². The van der Waals surface area contributed by atoms with E-state index in [1.165, 1.54) is 41.4 Å². The van der Waals surface area contributed by atoms with Crippen LogP contribution in [0.5, 0.6) is 0 Å². The number of hydrogen-bond acceptors (Lipinski definition) is 5. The zero-order valence-electron chi connectivity index (χ0n) is 20.2. The second-order valence-electron chi connectivity index (χ2n) is 9.45. The third-order valence-corrected chi connectivity index (χ3v) is 8.65. The van der Waals surface area contributed by atoms with Gasteiger partial charge in [-0.15, -0.1) is 0 Å². The molecule has 2 unspecified atom stereocenters. The van der Waals surface area contributed by atoms with Crippen LogP contribution in [0, 0.1) is 11.7 Å². The van der Waals surface area contributed by atoms with Crippen LogP contribution in [0.3, 0.4) is 0 Å².